The first-order chi connectivity index (χ1) is 10.2. The number of hydrogen-bond acceptors (Lipinski definition) is 3. The van der Waals surface area contributed by atoms with E-state index in [-0.39, 0.29) is 5.91 Å². The van der Waals surface area contributed by atoms with Crippen LogP contribution in [0.25, 0.3) is 11.0 Å². The van der Waals surface area contributed by atoms with E-state index in [1.807, 2.05) is 18.2 Å². The number of hydrogen-bond donors (Lipinski definition) is 1. The van der Waals surface area contributed by atoms with Gasteiger partial charge in [-0.05, 0) is 35.9 Å². The van der Waals surface area contributed by atoms with E-state index in [2.05, 4.69) is 15.3 Å². The van der Waals surface area contributed by atoms with Crippen LogP contribution in [-0.2, 0) is 6.54 Å². The Morgan fingerprint density at radius 3 is 2.67 bits per heavy atom. The molecule has 3 rings (SSSR count). The van der Waals surface area contributed by atoms with E-state index in [1.54, 1.807) is 18.5 Å². The maximum atomic E-state index is 13.1. The van der Waals surface area contributed by atoms with Crippen molar-refractivity contribution in [2.24, 2.45) is 0 Å². The van der Waals surface area contributed by atoms with Crippen molar-refractivity contribution in [1.29, 1.82) is 0 Å². The van der Waals surface area contributed by atoms with Gasteiger partial charge in [-0.3, -0.25) is 14.8 Å². The molecule has 0 aliphatic heterocycles. The first kappa shape index (κ1) is 13.2. The van der Waals surface area contributed by atoms with Crippen LogP contribution in [0.5, 0.6) is 0 Å². The Morgan fingerprint density at radius 1 is 1.05 bits per heavy atom. The third-order valence-electron chi connectivity index (χ3n) is 3.07. The van der Waals surface area contributed by atoms with Crippen molar-refractivity contribution in [1.82, 2.24) is 15.3 Å². The van der Waals surface area contributed by atoms with Gasteiger partial charge in [0.2, 0.25) is 0 Å². The van der Waals surface area contributed by atoms with Crippen molar-refractivity contribution in [2.45, 2.75) is 6.54 Å². The molecule has 0 unspecified atom stereocenters. The van der Waals surface area contributed by atoms with Gasteiger partial charge < -0.3 is 5.32 Å². The molecule has 21 heavy (non-hydrogen) atoms. The summed E-state index contributed by atoms with van der Waals surface area (Å²) >= 11 is 0. The Morgan fingerprint density at radius 2 is 1.86 bits per heavy atom. The fourth-order valence-electron chi connectivity index (χ4n) is 2.03. The summed E-state index contributed by atoms with van der Waals surface area (Å²) in [5.41, 5.74) is 2.79. The van der Waals surface area contributed by atoms with E-state index in [9.17, 15) is 9.18 Å². The zero-order valence-corrected chi connectivity index (χ0v) is 11.1. The molecule has 0 atom stereocenters. The van der Waals surface area contributed by atoms with Crippen LogP contribution in [0.3, 0.4) is 0 Å². The predicted octanol–water partition coefficient (Wildman–Crippen LogP) is 2.70. The van der Waals surface area contributed by atoms with Gasteiger partial charge in [0.15, 0.2) is 0 Å². The molecule has 0 saturated carbocycles. The average molecular weight is 281 g/mol. The highest BCUT2D eigenvalue weighted by atomic mass is 19.1. The molecular weight excluding hydrogens is 269 g/mol. The lowest BCUT2D eigenvalue weighted by atomic mass is 10.1. The number of aromatic nitrogens is 2. The SMILES string of the molecule is O=C(NCc1ccc2nccnc2c1)c1cccc(F)c1. The van der Waals surface area contributed by atoms with Gasteiger partial charge >= 0.3 is 0 Å². The molecule has 0 aliphatic carbocycles. The van der Waals surface area contributed by atoms with Crippen LogP contribution in [0.4, 0.5) is 4.39 Å². The standard InChI is InChI=1S/C16H12FN3O/c17-13-3-1-2-12(9-13)16(21)20-10-11-4-5-14-15(8-11)19-7-6-18-14/h1-9H,10H2,(H,20,21). The minimum Gasteiger partial charge on any atom is -0.348 e. The Bertz CT molecular complexity index is 804. The average Bonchev–Trinajstić information content (AvgIpc) is 2.52. The highest BCUT2D eigenvalue weighted by molar-refractivity contribution is 5.94. The van der Waals surface area contributed by atoms with Gasteiger partial charge in [0.25, 0.3) is 5.91 Å². The van der Waals surface area contributed by atoms with Crippen LogP contribution in [-0.4, -0.2) is 15.9 Å². The molecule has 0 aliphatic rings. The number of rotatable bonds is 3. The van der Waals surface area contributed by atoms with E-state index in [0.29, 0.717) is 12.1 Å². The summed E-state index contributed by atoms with van der Waals surface area (Å²) in [5, 5.41) is 2.75. The summed E-state index contributed by atoms with van der Waals surface area (Å²) in [6.07, 6.45) is 3.26. The number of nitrogens with zero attached hydrogens (tertiary/aromatic N) is 2. The number of fused-ring (bicyclic) bond motifs is 1. The van der Waals surface area contributed by atoms with Crippen LogP contribution < -0.4 is 5.32 Å². The second kappa shape index (κ2) is 5.66. The summed E-state index contributed by atoms with van der Waals surface area (Å²) in [6.45, 7) is 0.349. The molecular formula is C16H12FN3O. The first-order valence-corrected chi connectivity index (χ1v) is 6.46. The molecule has 5 heteroatoms. The second-order valence-corrected chi connectivity index (χ2v) is 4.57. The molecule has 0 spiro atoms. The van der Waals surface area contributed by atoms with Gasteiger partial charge in [0.05, 0.1) is 11.0 Å². The maximum Gasteiger partial charge on any atom is 0.251 e. The Kier molecular flexibility index (Phi) is 3.55. The molecule has 0 bridgehead atoms. The highest BCUT2D eigenvalue weighted by Gasteiger charge is 2.06. The second-order valence-electron chi connectivity index (χ2n) is 4.57. The summed E-state index contributed by atoms with van der Waals surface area (Å²) in [6, 6.07) is 11.2. The molecule has 2 aromatic carbocycles. The number of benzene rings is 2. The molecule has 4 nitrogen and oxygen atoms in total. The molecule has 104 valence electrons. The van der Waals surface area contributed by atoms with Crippen molar-refractivity contribution in [3.8, 4) is 0 Å². The third kappa shape index (κ3) is 3.02. The molecule has 1 N–H and O–H groups in total. The van der Waals surface area contributed by atoms with Crippen molar-refractivity contribution in [2.75, 3.05) is 0 Å². The number of carbonyl (C=O) groups is 1. The number of carbonyl (C=O) groups excluding carboxylic acids is 1. The fourth-order valence-corrected chi connectivity index (χ4v) is 2.03. The highest BCUT2D eigenvalue weighted by Crippen LogP contribution is 2.11. The van der Waals surface area contributed by atoms with Gasteiger partial charge in [-0.1, -0.05) is 12.1 Å². The summed E-state index contributed by atoms with van der Waals surface area (Å²) in [4.78, 5) is 20.3. The number of halogens is 1. The van der Waals surface area contributed by atoms with Crippen LogP contribution in [0.1, 0.15) is 15.9 Å². The van der Waals surface area contributed by atoms with Crippen molar-refractivity contribution < 1.29 is 9.18 Å². The van der Waals surface area contributed by atoms with Crippen molar-refractivity contribution >= 4 is 16.9 Å². The van der Waals surface area contributed by atoms with Crippen LogP contribution in [0.2, 0.25) is 0 Å². The smallest absolute Gasteiger partial charge is 0.251 e. The Hall–Kier alpha value is -2.82. The van der Waals surface area contributed by atoms with Crippen LogP contribution in [0.15, 0.2) is 54.9 Å². The lowest BCUT2D eigenvalue weighted by Crippen LogP contribution is -2.22. The van der Waals surface area contributed by atoms with Gasteiger partial charge in [-0.2, -0.15) is 0 Å². The summed E-state index contributed by atoms with van der Waals surface area (Å²) in [5.74, 6) is -0.739. The van der Waals surface area contributed by atoms with Gasteiger partial charge in [0, 0.05) is 24.5 Å². The van der Waals surface area contributed by atoms with Crippen molar-refractivity contribution in [3.05, 3.63) is 71.8 Å². The monoisotopic (exact) mass is 281 g/mol. The predicted molar refractivity (Wildman–Crippen MR) is 77.1 cm³/mol. The fraction of sp³-hybridized carbons (Fsp3) is 0.0625. The minimum atomic E-state index is -0.427. The number of nitrogens with one attached hydrogen (secondary N) is 1. The summed E-state index contributed by atoms with van der Waals surface area (Å²) in [7, 11) is 0. The Balaban J connectivity index is 1.72. The molecule has 0 fully saturated rings. The van der Waals surface area contributed by atoms with Crippen LogP contribution >= 0.6 is 0 Å². The van der Waals surface area contributed by atoms with Gasteiger partial charge in [-0.25, -0.2) is 4.39 Å². The lowest BCUT2D eigenvalue weighted by molar-refractivity contribution is 0.0950. The molecule has 1 amide bonds. The molecule has 0 saturated heterocycles. The Labute approximate surface area is 120 Å². The lowest BCUT2D eigenvalue weighted by Gasteiger charge is -2.06. The zero-order chi connectivity index (χ0) is 14.7. The molecule has 3 aromatic rings. The topological polar surface area (TPSA) is 54.9 Å². The molecule has 1 heterocycles. The van der Waals surface area contributed by atoms with Crippen LogP contribution in [0, 0.1) is 5.82 Å². The van der Waals surface area contributed by atoms with E-state index in [0.717, 1.165) is 16.6 Å². The maximum absolute atomic E-state index is 13.1. The van der Waals surface area contributed by atoms with Crippen molar-refractivity contribution in [3.63, 3.8) is 0 Å². The van der Waals surface area contributed by atoms with Gasteiger partial charge in [-0.15, -0.1) is 0 Å². The third-order valence-corrected chi connectivity index (χ3v) is 3.07. The van der Waals surface area contributed by atoms with Gasteiger partial charge in [0.1, 0.15) is 5.82 Å². The van der Waals surface area contributed by atoms with E-state index >= 15 is 0 Å². The zero-order valence-electron chi connectivity index (χ0n) is 11.1. The van der Waals surface area contributed by atoms with E-state index < -0.39 is 5.82 Å². The van der Waals surface area contributed by atoms with E-state index in [4.69, 9.17) is 0 Å². The largest absolute Gasteiger partial charge is 0.348 e. The molecule has 1 aromatic heterocycles. The summed E-state index contributed by atoms with van der Waals surface area (Å²) < 4.78 is 13.1. The quantitative estimate of drug-likeness (QED) is 0.803. The normalized spacial score (nSPS) is 10.5. The first-order valence-electron chi connectivity index (χ1n) is 6.46. The molecule has 0 radical (unpaired) electrons. The van der Waals surface area contributed by atoms with E-state index in [1.165, 1.54) is 18.2 Å². The minimum absolute atomic E-state index is 0.301. The number of amides is 1.